The molecule has 0 nitrogen and oxygen atoms in total. The summed E-state index contributed by atoms with van der Waals surface area (Å²) in [6, 6.07) is 0. The first kappa shape index (κ1) is 9.57. The fourth-order valence-electron chi connectivity index (χ4n) is 1.52. The highest BCUT2D eigenvalue weighted by Crippen LogP contribution is 2.07. The summed E-state index contributed by atoms with van der Waals surface area (Å²) >= 11 is 0. The van der Waals surface area contributed by atoms with Gasteiger partial charge in [0.2, 0.25) is 0 Å². The van der Waals surface area contributed by atoms with Crippen LogP contribution in [0.2, 0.25) is 0 Å². The van der Waals surface area contributed by atoms with Crippen LogP contribution in [-0.4, -0.2) is 0 Å². The van der Waals surface area contributed by atoms with E-state index in [9.17, 15) is 0 Å². The lowest BCUT2D eigenvalue weighted by molar-refractivity contribution is 0.730. The van der Waals surface area contributed by atoms with E-state index in [1.165, 1.54) is 51.4 Å². The van der Waals surface area contributed by atoms with Crippen molar-refractivity contribution in [1.82, 2.24) is 0 Å². The van der Waals surface area contributed by atoms with Gasteiger partial charge in [0, 0.05) is 0 Å². The van der Waals surface area contributed by atoms with Crippen molar-refractivity contribution >= 4 is 0 Å². The van der Waals surface area contributed by atoms with Crippen molar-refractivity contribution in [2.75, 3.05) is 0 Å². The highest BCUT2D eigenvalue weighted by atomic mass is 13.9. The van der Waals surface area contributed by atoms with Crippen LogP contribution in [0.5, 0.6) is 0 Å². The molecule has 0 aromatic carbocycles. The Labute approximate surface area is 76.4 Å². The lowest BCUT2D eigenvalue weighted by Gasteiger charge is -1.97. The summed E-state index contributed by atoms with van der Waals surface area (Å²) in [7, 11) is 0. The first-order valence-corrected chi connectivity index (χ1v) is 5.30. The molecule has 0 aromatic heterocycles. The Bertz CT molecular complexity index is 108. The van der Waals surface area contributed by atoms with Crippen molar-refractivity contribution in [3.05, 3.63) is 24.3 Å². The third kappa shape index (κ3) is 5.17. The van der Waals surface area contributed by atoms with Crippen molar-refractivity contribution in [2.45, 2.75) is 51.4 Å². The molecule has 0 saturated heterocycles. The van der Waals surface area contributed by atoms with Crippen LogP contribution in [0.15, 0.2) is 24.3 Å². The van der Waals surface area contributed by atoms with Crippen LogP contribution in [0.4, 0.5) is 0 Å². The minimum Gasteiger partial charge on any atom is -0.0885 e. The molecule has 0 spiro atoms. The fourth-order valence-corrected chi connectivity index (χ4v) is 1.52. The molecule has 0 aliphatic heterocycles. The second-order valence-electron chi connectivity index (χ2n) is 3.51. The minimum absolute atomic E-state index is 1.29. The van der Waals surface area contributed by atoms with Gasteiger partial charge in [-0.2, -0.15) is 0 Å². The Hall–Kier alpha value is -0.520. The first-order chi connectivity index (χ1) is 6.00. The van der Waals surface area contributed by atoms with E-state index in [-0.39, 0.29) is 0 Å². The molecule has 1 aliphatic rings. The van der Waals surface area contributed by atoms with Gasteiger partial charge in [-0.15, -0.1) is 0 Å². The zero-order valence-electron chi connectivity index (χ0n) is 7.97. The van der Waals surface area contributed by atoms with Crippen LogP contribution in [0.3, 0.4) is 0 Å². The maximum atomic E-state index is 2.35. The molecule has 0 N–H and O–H groups in total. The van der Waals surface area contributed by atoms with Gasteiger partial charge in [0.25, 0.3) is 0 Å². The van der Waals surface area contributed by atoms with Gasteiger partial charge in [-0.05, 0) is 51.4 Å². The molecular weight excluding hydrogens is 144 g/mol. The fraction of sp³-hybridized carbons (Fsp3) is 0.667. The summed E-state index contributed by atoms with van der Waals surface area (Å²) in [5.41, 5.74) is 0. The van der Waals surface area contributed by atoms with E-state index in [1.807, 2.05) is 0 Å². The summed E-state index contributed by atoms with van der Waals surface area (Å²) in [6.07, 6.45) is 20.0. The third-order valence-corrected chi connectivity index (χ3v) is 2.32. The van der Waals surface area contributed by atoms with E-state index >= 15 is 0 Å². The number of rotatable bonds is 0. The Morgan fingerprint density at radius 3 is 0.917 bits per heavy atom. The van der Waals surface area contributed by atoms with Gasteiger partial charge in [-0.3, -0.25) is 0 Å². The molecule has 1 aliphatic carbocycles. The molecule has 0 atom stereocenters. The smallest absolute Gasteiger partial charge is 0.0351 e. The molecule has 1 rings (SSSR count). The van der Waals surface area contributed by atoms with E-state index in [2.05, 4.69) is 24.3 Å². The first-order valence-electron chi connectivity index (χ1n) is 5.30. The zero-order chi connectivity index (χ0) is 8.49. The third-order valence-electron chi connectivity index (χ3n) is 2.32. The Morgan fingerprint density at radius 2 is 0.667 bits per heavy atom. The second-order valence-corrected chi connectivity index (χ2v) is 3.51. The Balaban J connectivity index is 2.18. The average Bonchev–Trinajstić information content (AvgIpc) is 2.05. The van der Waals surface area contributed by atoms with Crippen molar-refractivity contribution < 1.29 is 0 Å². The molecule has 0 heterocycles. The topological polar surface area (TPSA) is 0 Å². The van der Waals surface area contributed by atoms with Crippen LogP contribution in [0.1, 0.15) is 51.4 Å². The molecule has 0 amide bonds. The molecule has 68 valence electrons. The minimum atomic E-state index is 1.29. The maximum absolute atomic E-state index is 2.35. The molecule has 0 saturated carbocycles. The highest BCUT2D eigenvalue weighted by Gasteiger charge is 1.87. The van der Waals surface area contributed by atoms with Gasteiger partial charge in [-0.1, -0.05) is 24.3 Å². The second kappa shape index (κ2) is 7.15. The van der Waals surface area contributed by atoms with Gasteiger partial charge in [0.1, 0.15) is 0 Å². The van der Waals surface area contributed by atoms with E-state index in [0.717, 1.165) is 0 Å². The summed E-state index contributed by atoms with van der Waals surface area (Å²) in [6.45, 7) is 0. The van der Waals surface area contributed by atoms with Crippen LogP contribution >= 0.6 is 0 Å². The predicted octanol–water partition coefficient (Wildman–Crippen LogP) is 4.23. The number of allylic oxidation sites excluding steroid dienone is 4. The molecule has 0 bridgehead atoms. The molecule has 0 aromatic rings. The van der Waals surface area contributed by atoms with Crippen molar-refractivity contribution in [1.29, 1.82) is 0 Å². The van der Waals surface area contributed by atoms with Gasteiger partial charge < -0.3 is 0 Å². The Morgan fingerprint density at radius 1 is 0.417 bits per heavy atom. The monoisotopic (exact) mass is 164 g/mol. The van der Waals surface area contributed by atoms with Gasteiger partial charge >= 0.3 is 0 Å². The SMILES string of the molecule is C1=C\CCCC/C=C\CCCC/1. The quantitative estimate of drug-likeness (QED) is 0.470. The van der Waals surface area contributed by atoms with E-state index < -0.39 is 0 Å². The van der Waals surface area contributed by atoms with Gasteiger partial charge in [-0.25, -0.2) is 0 Å². The molecule has 0 radical (unpaired) electrons. The largest absolute Gasteiger partial charge is 0.0885 e. The van der Waals surface area contributed by atoms with Crippen molar-refractivity contribution in [3.63, 3.8) is 0 Å². The van der Waals surface area contributed by atoms with E-state index in [0.29, 0.717) is 0 Å². The van der Waals surface area contributed by atoms with Crippen molar-refractivity contribution in [3.8, 4) is 0 Å². The predicted molar refractivity (Wildman–Crippen MR) is 55.2 cm³/mol. The Kier molecular flexibility index (Phi) is 5.70. The standard InChI is InChI=1S/C12H20/c1-2-4-6-8-10-12-11-9-7-5-3-1/h1-2,11-12H,3-10H2/b2-1-,12-11-. The average molecular weight is 164 g/mol. The molecule has 0 heteroatoms. The molecular formula is C12H20. The maximum Gasteiger partial charge on any atom is -0.0351 e. The van der Waals surface area contributed by atoms with Crippen molar-refractivity contribution in [2.24, 2.45) is 0 Å². The van der Waals surface area contributed by atoms with Crippen LogP contribution < -0.4 is 0 Å². The lowest BCUT2D eigenvalue weighted by atomic mass is 10.1. The lowest BCUT2D eigenvalue weighted by Crippen LogP contribution is -1.77. The summed E-state index contributed by atoms with van der Waals surface area (Å²) in [5.74, 6) is 0. The van der Waals surface area contributed by atoms with E-state index in [4.69, 9.17) is 0 Å². The van der Waals surface area contributed by atoms with Gasteiger partial charge in [0.05, 0.1) is 0 Å². The summed E-state index contributed by atoms with van der Waals surface area (Å²) in [4.78, 5) is 0. The zero-order valence-corrected chi connectivity index (χ0v) is 7.97. The molecule has 0 fully saturated rings. The number of hydrogen-bond donors (Lipinski definition) is 0. The molecule has 0 unspecified atom stereocenters. The molecule has 12 heavy (non-hydrogen) atoms. The normalized spacial score (nSPS) is 26.7. The summed E-state index contributed by atoms with van der Waals surface area (Å²) in [5, 5.41) is 0. The summed E-state index contributed by atoms with van der Waals surface area (Å²) < 4.78 is 0. The number of hydrogen-bond acceptors (Lipinski definition) is 0. The van der Waals surface area contributed by atoms with Crippen LogP contribution in [0.25, 0.3) is 0 Å². The van der Waals surface area contributed by atoms with Gasteiger partial charge in [0.15, 0.2) is 0 Å². The van der Waals surface area contributed by atoms with Crippen LogP contribution in [0, 0.1) is 0 Å². The van der Waals surface area contributed by atoms with E-state index in [1.54, 1.807) is 0 Å². The van der Waals surface area contributed by atoms with Crippen LogP contribution in [-0.2, 0) is 0 Å². The highest BCUT2D eigenvalue weighted by molar-refractivity contribution is 4.85.